The molecule has 1 fully saturated rings. The number of benzene rings is 2. The molecule has 6 heteroatoms. The Bertz CT molecular complexity index is 718. The number of nitrogens with one attached hydrogen (secondary N) is 2. The van der Waals surface area contributed by atoms with Gasteiger partial charge in [0.25, 0.3) is 0 Å². The van der Waals surface area contributed by atoms with E-state index < -0.39 is 0 Å². The smallest absolute Gasteiger partial charge is 0.323 e. The number of para-hydroxylation sites is 2. The summed E-state index contributed by atoms with van der Waals surface area (Å²) in [5, 5.41) is 5.62. The first kappa shape index (κ1) is 17.1. The molecule has 2 N–H and O–H groups in total. The van der Waals surface area contributed by atoms with Crippen LogP contribution in [0, 0.1) is 0 Å². The number of ether oxygens (including phenoxy) is 2. The maximum Gasteiger partial charge on any atom is 0.323 e. The summed E-state index contributed by atoms with van der Waals surface area (Å²) in [4.78, 5) is 14.5. The lowest BCUT2D eigenvalue weighted by atomic mass is 10.2. The highest BCUT2D eigenvalue weighted by atomic mass is 16.5. The summed E-state index contributed by atoms with van der Waals surface area (Å²) < 4.78 is 10.6. The molecule has 25 heavy (non-hydrogen) atoms. The summed E-state index contributed by atoms with van der Waals surface area (Å²) in [6, 6.07) is 14.8. The Labute approximate surface area is 147 Å². The van der Waals surface area contributed by atoms with E-state index in [9.17, 15) is 4.79 Å². The minimum atomic E-state index is -0.308. The average Bonchev–Trinajstić information content (AvgIpc) is 3.12. The van der Waals surface area contributed by atoms with E-state index in [1.54, 1.807) is 26.4 Å². The largest absolute Gasteiger partial charge is 0.495 e. The zero-order chi connectivity index (χ0) is 17.6. The van der Waals surface area contributed by atoms with Crippen molar-refractivity contribution in [2.24, 2.45) is 0 Å². The molecule has 0 aromatic heterocycles. The van der Waals surface area contributed by atoms with Crippen molar-refractivity contribution in [1.82, 2.24) is 0 Å². The third-order valence-electron chi connectivity index (χ3n) is 4.32. The second-order valence-electron chi connectivity index (χ2n) is 5.92. The summed E-state index contributed by atoms with van der Waals surface area (Å²) in [5.41, 5.74) is 2.50. The first-order chi connectivity index (χ1) is 12.2. The zero-order valence-electron chi connectivity index (χ0n) is 14.5. The van der Waals surface area contributed by atoms with Gasteiger partial charge in [0.05, 0.1) is 18.9 Å². The van der Waals surface area contributed by atoms with Crippen LogP contribution in [0.4, 0.5) is 21.9 Å². The molecule has 0 spiro atoms. The van der Waals surface area contributed by atoms with E-state index in [-0.39, 0.29) is 6.03 Å². The van der Waals surface area contributed by atoms with Crippen molar-refractivity contribution in [3.05, 3.63) is 48.5 Å². The van der Waals surface area contributed by atoms with E-state index in [2.05, 4.69) is 15.5 Å². The molecule has 0 bridgehead atoms. The molecule has 132 valence electrons. The van der Waals surface area contributed by atoms with Crippen LogP contribution in [-0.2, 0) is 4.74 Å². The van der Waals surface area contributed by atoms with Crippen molar-refractivity contribution in [2.75, 3.05) is 42.8 Å². The molecule has 2 aromatic rings. The molecule has 1 aliphatic rings. The number of carbonyl (C=O) groups excluding carboxylic acids is 1. The SMILES string of the molecule is COc1ccccc1NC(=O)Nc1ccc(N2CCC(OC)C2)cc1. The van der Waals surface area contributed by atoms with Crippen molar-refractivity contribution in [3.8, 4) is 5.75 Å². The number of hydrogen-bond acceptors (Lipinski definition) is 4. The maximum atomic E-state index is 12.2. The van der Waals surface area contributed by atoms with Crippen LogP contribution < -0.4 is 20.3 Å². The quantitative estimate of drug-likeness (QED) is 0.873. The Hall–Kier alpha value is -2.73. The topological polar surface area (TPSA) is 62.8 Å². The number of carbonyl (C=O) groups is 1. The molecule has 2 aromatic carbocycles. The third kappa shape index (κ3) is 4.22. The monoisotopic (exact) mass is 341 g/mol. The van der Waals surface area contributed by atoms with Crippen LogP contribution in [-0.4, -0.2) is 39.4 Å². The maximum absolute atomic E-state index is 12.2. The summed E-state index contributed by atoms with van der Waals surface area (Å²) in [6.07, 6.45) is 1.34. The zero-order valence-corrected chi connectivity index (χ0v) is 14.5. The van der Waals surface area contributed by atoms with Gasteiger partial charge in [-0.05, 0) is 42.8 Å². The van der Waals surface area contributed by atoms with E-state index in [0.29, 0.717) is 17.5 Å². The van der Waals surface area contributed by atoms with Crippen LogP contribution in [0.5, 0.6) is 5.75 Å². The molecule has 1 heterocycles. The molecule has 1 aliphatic heterocycles. The van der Waals surface area contributed by atoms with Crippen LogP contribution in [0.15, 0.2) is 48.5 Å². The highest BCUT2D eigenvalue weighted by Crippen LogP contribution is 2.25. The number of methoxy groups -OCH3 is 2. The molecular weight excluding hydrogens is 318 g/mol. The number of urea groups is 1. The van der Waals surface area contributed by atoms with Gasteiger partial charge in [0, 0.05) is 31.6 Å². The third-order valence-corrected chi connectivity index (χ3v) is 4.32. The van der Waals surface area contributed by atoms with Gasteiger partial charge in [0.15, 0.2) is 0 Å². The molecule has 0 saturated carbocycles. The van der Waals surface area contributed by atoms with Crippen LogP contribution in [0.3, 0.4) is 0 Å². The van der Waals surface area contributed by atoms with Gasteiger partial charge in [0.1, 0.15) is 5.75 Å². The fraction of sp³-hybridized carbons (Fsp3) is 0.316. The molecule has 6 nitrogen and oxygen atoms in total. The lowest BCUT2D eigenvalue weighted by molar-refractivity contribution is 0.121. The van der Waals surface area contributed by atoms with E-state index in [4.69, 9.17) is 9.47 Å². The van der Waals surface area contributed by atoms with Gasteiger partial charge in [-0.3, -0.25) is 0 Å². The van der Waals surface area contributed by atoms with Crippen molar-refractivity contribution in [1.29, 1.82) is 0 Å². The molecule has 0 aliphatic carbocycles. The van der Waals surface area contributed by atoms with Crippen molar-refractivity contribution >= 4 is 23.1 Å². The van der Waals surface area contributed by atoms with Crippen LogP contribution in [0.2, 0.25) is 0 Å². The highest BCUT2D eigenvalue weighted by Gasteiger charge is 2.22. The fourth-order valence-electron chi connectivity index (χ4n) is 2.94. The van der Waals surface area contributed by atoms with Crippen LogP contribution >= 0.6 is 0 Å². The molecule has 2 amide bonds. The molecule has 3 rings (SSSR count). The summed E-state index contributed by atoms with van der Waals surface area (Å²) in [6.45, 7) is 1.89. The van der Waals surface area contributed by atoms with Gasteiger partial charge < -0.3 is 25.0 Å². The Balaban J connectivity index is 1.59. The van der Waals surface area contributed by atoms with Gasteiger partial charge in [0.2, 0.25) is 0 Å². The predicted octanol–water partition coefficient (Wildman–Crippen LogP) is 3.56. The molecule has 1 atom stereocenters. The van der Waals surface area contributed by atoms with Crippen molar-refractivity contribution < 1.29 is 14.3 Å². The molecule has 0 radical (unpaired) electrons. The summed E-state index contributed by atoms with van der Waals surface area (Å²) in [5.74, 6) is 0.620. The van der Waals surface area contributed by atoms with Crippen molar-refractivity contribution in [2.45, 2.75) is 12.5 Å². The van der Waals surface area contributed by atoms with E-state index >= 15 is 0 Å². The lowest BCUT2D eigenvalue weighted by Gasteiger charge is -2.18. The summed E-state index contributed by atoms with van der Waals surface area (Å²) in [7, 11) is 3.32. The predicted molar refractivity (Wildman–Crippen MR) is 99.7 cm³/mol. The second kappa shape index (κ2) is 7.90. The molecule has 1 unspecified atom stereocenters. The number of amides is 2. The Kier molecular flexibility index (Phi) is 5.40. The average molecular weight is 341 g/mol. The van der Waals surface area contributed by atoms with E-state index in [1.165, 1.54) is 0 Å². The van der Waals surface area contributed by atoms with E-state index in [0.717, 1.165) is 30.9 Å². The van der Waals surface area contributed by atoms with Gasteiger partial charge in [-0.2, -0.15) is 0 Å². The lowest BCUT2D eigenvalue weighted by Crippen LogP contribution is -2.22. The first-order valence-electron chi connectivity index (χ1n) is 8.28. The standard InChI is InChI=1S/C19H23N3O3/c1-24-16-11-12-22(13-16)15-9-7-14(8-10-15)20-19(23)21-17-5-3-4-6-18(17)25-2/h3-10,16H,11-13H2,1-2H3,(H2,20,21,23). The van der Waals surface area contributed by atoms with Crippen LogP contribution in [0.25, 0.3) is 0 Å². The van der Waals surface area contributed by atoms with Gasteiger partial charge >= 0.3 is 6.03 Å². The summed E-state index contributed by atoms with van der Waals surface area (Å²) >= 11 is 0. The van der Waals surface area contributed by atoms with Crippen molar-refractivity contribution in [3.63, 3.8) is 0 Å². The normalized spacial score (nSPS) is 16.6. The van der Waals surface area contributed by atoms with Gasteiger partial charge in [-0.15, -0.1) is 0 Å². The Morgan fingerprint density at radius 2 is 1.84 bits per heavy atom. The van der Waals surface area contributed by atoms with Gasteiger partial charge in [-0.1, -0.05) is 12.1 Å². The van der Waals surface area contributed by atoms with Crippen LogP contribution in [0.1, 0.15) is 6.42 Å². The second-order valence-corrected chi connectivity index (χ2v) is 5.92. The number of nitrogens with zero attached hydrogens (tertiary/aromatic N) is 1. The fourth-order valence-corrected chi connectivity index (χ4v) is 2.94. The van der Waals surface area contributed by atoms with E-state index in [1.807, 2.05) is 36.4 Å². The Morgan fingerprint density at radius 3 is 2.52 bits per heavy atom. The first-order valence-corrected chi connectivity index (χ1v) is 8.28. The minimum absolute atomic E-state index is 0.296. The number of hydrogen-bond donors (Lipinski definition) is 2. The molecular formula is C19H23N3O3. The minimum Gasteiger partial charge on any atom is -0.495 e. The number of anilines is 3. The van der Waals surface area contributed by atoms with Gasteiger partial charge in [-0.25, -0.2) is 4.79 Å². The molecule has 1 saturated heterocycles. The number of rotatable bonds is 5. The Morgan fingerprint density at radius 1 is 1.08 bits per heavy atom. The highest BCUT2D eigenvalue weighted by molar-refractivity contribution is 6.00.